The summed E-state index contributed by atoms with van der Waals surface area (Å²) in [6.07, 6.45) is 3.58. The van der Waals surface area contributed by atoms with Crippen LogP contribution in [0.2, 0.25) is 0 Å². The van der Waals surface area contributed by atoms with Gasteiger partial charge in [-0.3, -0.25) is 4.98 Å². The summed E-state index contributed by atoms with van der Waals surface area (Å²) in [5, 5.41) is 12.4. The summed E-state index contributed by atoms with van der Waals surface area (Å²) in [6, 6.07) is 6.38. The Balaban J connectivity index is 2.28. The van der Waals surface area contributed by atoms with Crippen molar-refractivity contribution in [1.29, 1.82) is 0 Å². The van der Waals surface area contributed by atoms with Crippen LogP contribution in [0.5, 0.6) is 0 Å². The van der Waals surface area contributed by atoms with Gasteiger partial charge < -0.3 is 10.4 Å². The molecule has 1 heterocycles. The van der Waals surface area contributed by atoms with Crippen LogP contribution in [0.3, 0.4) is 0 Å². The minimum atomic E-state index is 0.249. The first-order chi connectivity index (χ1) is 7.74. The van der Waals surface area contributed by atoms with E-state index in [4.69, 9.17) is 5.11 Å². The molecule has 16 heavy (non-hydrogen) atoms. The van der Waals surface area contributed by atoms with Crippen molar-refractivity contribution in [3.05, 3.63) is 30.1 Å². The molecule has 0 bridgehead atoms. The van der Waals surface area contributed by atoms with Crippen LogP contribution in [0.1, 0.15) is 26.0 Å². The van der Waals surface area contributed by atoms with Crippen molar-refractivity contribution in [2.75, 3.05) is 13.2 Å². The quantitative estimate of drug-likeness (QED) is 0.737. The van der Waals surface area contributed by atoms with Crippen LogP contribution in [-0.4, -0.2) is 29.3 Å². The molecule has 1 aromatic heterocycles. The Morgan fingerprint density at radius 1 is 1.38 bits per heavy atom. The average molecular weight is 222 g/mol. The summed E-state index contributed by atoms with van der Waals surface area (Å²) in [6.45, 7) is 5.52. The highest BCUT2D eigenvalue weighted by molar-refractivity contribution is 5.03. The number of nitrogens with one attached hydrogen (secondary N) is 1. The number of hydrogen-bond donors (Lipinski definition) is 2. The molecule has 1 atom stereocenters. The van der Waals surface area contributed by atoms with E-state index < -0.39 is 0 Å². The van der Waals surface area contributed by atoms with Crippen LogP contribution in [0, 0.1) is 5.92 Å². The van der Waals surface area contributed by atoms with Gasteiger partial charge in [-0.05, 0) is 24.5 Å². The largest absolute Gasteiger partial charge is 0.396 e. The smallest absolute Gasteiger partial charge is 0.0445 e. The zero-order chi connectivity index (χ0) is 11.8. The molecule has 0 aliphatic rings. The number of aliphatic hydroxyl groups excluding tert-OH is 1. The maximum absolute atomic E-state index is 8.95. The van der Waals surface area contributed by atoms with Crippen LogP contribution in [0.15, 0.2) is 24.4 Å². The normalized spacial score (nSPS) is 13.0. The second kappa shape index (κ2) is 7.36. The molecule has 0 fully saturated rings. The highest BCUT2D eigenvalue weighted by Gasteiger charge is 2.11. The molecule has 1 rings (SSSR count). The van der Waals surface area contributed by atoms with Gasteiger partial charge in [0.05, 0.1) is 0 Å². The molecule has 3 heteroatoms. The predicted molar refractivity (Wildman–Crippen MR) is 66.3 cm³/mol. The molecule has 0 spiro atoms. The fourth-order valence-corrected chi connectivity index (χ4v) is 1.74. The van der Waals surface area contributed by atoms with Gasteiger partial charge in [0.25, 0.3) is 0 Å². The number of aliphatic hydroxyl groups is 1. The third kappa shape index (κ3) is 4.73. The van der Waals surface area contributed by atoms with E-state index in [1.165, 1.54) is 0 Å². The molecule has 0 amide bonds. The van der Waals surface area contributed by atoms with Crippen molar-refractivity contribution in [3.63, 3.8) is 0 Å². The standard InChI is InChI=1S/C13H22N2O/c1-11(2)13(7-10-16)15-9-6-12-5-3-4-8-14-12/h3-5,8,11,13,15-16H,6-7,9-10H2,1-2H3. The van der Waals surface area contributed by atoms with Crippen molar-refractivity contribution in [3.8, 4) is 0 Å². The average Bonchev–Trinajstić information content (AvgIpc) is 2.29. The van der Waals surface area contributed by atoms with Gasteiger partial charge in [-0.1, -0.05) is 19.9 Å². The summed E-state index contributed by atoms with van der Waals surface area (Å²) in [7, 11) is 0. The topological polar surface area (TPSA) is 45.1 Å². The molecule has 0 aliphatic carbocycles. The second-order valence-electron chi connectivity index (χ2n) is 4.39. The Morgan fingerprint density at radius 2 is 2.19 bits per heavy atom. The number of aromatic nitrogens is 1. The SMILES string of the molecule is CC(C)C(CCO)NCCc1ccccn1. The van der Waals surface area contributed by atoms with Gasteiger partial charge in [-0.25, -0.2) is 0 Å². The van der Waals surface area contributed by atoms with Gasteiger partial charge in [-0.15, -0.1) is 0 Å². The van der Waals surface area contributed by atoms with Crippen molar-refractivity contribution >= 4 is 0 Å². The van der Waals surface area contributed by atoms with E-state index in [1.807, 2.05) is 24.4 Å². The maximum Gasteiger partial charge on any atom is 0.0445 e. The van der Waals surface area contributed by atoms with Crippen molar-refractivity contribution in [2.45, 2.75) is 32.7 Å². The molecule has 0 aromatic carbocycles. The second-order valence-corrected chi connectivity index (χ2v) is 4.39. The predicted octanol–water partition coefficient (Wildman–Crippen LogP) is 1.62. The van der Waals surface area contributed by atoms with Crippen molar-refractivity contribution in [1.82, 2.24) is 10.3 Å². The van der Waals surface area contributed by atoms with E-state index in [0.717, 1.165) is 25.1 Å². The van der Waals surface area contributed by atoms with Crippen LogP contribution in [0.25, 0.3) is 0 Å². The van der Waals surface area contributed by atoms with Crippen molar-refractivity contribution in [2.24, 2.45) is 5.92 Å². The highest BCUT2D eigenvalue weighted by atomic mass is 16.3. The van der Waals surface area contributed by atoms with E-state index in [0.29, 0.717) is 12.0 Å². The summed E-state index contributed by atoms with van der Waals surface area (Å²) in [4.78, 5) is 4.28. The maximum atomic E-state index is 8.95. The van der Waals surface area contributed by atoms with Gasteiger partial charge in [0, 0.05) is 37.5 Å². The van der Waals surface area contributed by atoms with E-state index in [-0.39, 0.29) is 6.61 Å². The summed E-state index contributed by atoms with van der Waals surface area (Å²) >= 11 is 0. The molecule has 0 saturated heterocycles. The van der Waals surface area contributed by atoms with Crippen LogP contribution < -0.4 is 5.32 Å². The molecule has 1 unspecified atom stereocenters. The summed E-state index contributed by atoms with van der Waals surface area (Å²) < 4.78 is 0. The Morgan fingerprint density at radius 3 is 2.75 bits per heavy atom. The zero-order valence-corrected chi connectivity index (χ0v) is 10.2. The lowest BCUT2D eigenvalue weighted by Gasteiger charge is -2.21. The van der Waals surface area contributed by atoms with Gasteiger partial charge in [0.15, 0.2) is 0 Å². The number of nitrogens with zero attached hydrogens (tertiary/aromatic N) is 1. The molecule has 3 nitrogen and oxygen atoms in total. The Hall–Kier alpha value is -0.930. The Kier molecular flexibility index (Phi) is 6.04. The van der Waals surface area contributed by atoms with Gasteiger partial charge >= 0.3 is 0 Å². The van der Waals surface area contributed by atoms with Crippen molar-refractivity contribution < 1.29 is 5.11 Å². The molecule has 0 aliphatic heterocycles. The highest BCUT2D eigenvalue weighted by Crippen LogP contribution is 2.05. The van der Waals surface area contributed by atoms with Crippen LogP contribution in [0.4, 0.5) is 0 Å². The Bertz CT molecular complexity index is 275. The molecule has 2 N–H and O–H groups in total. The van der Waals surface area contributed by atoms with E-state index >= 15 is 0 Å². The fourth-order valence-electron chi connectivity index (χ4n) is 1.74. The van der Waals surface area contributed by atoms with E-state index in [1.54, 1.807) is 0 Å². The summed E-state index contributed by atoms with van der Waals surface area (Å²) in [5.74, 6) is 0.552. The first-order valence-electron chi connectivity index (χ1n) is 5.98. The number of hydrogen-bond acceptors (Lipinski definition) is 3. The van der Waals surface area contributed by atoms with Gasteiger partial charge in [0.1, 0.15) is 0 Å². The third-order valence-electron chi connectivity index (χ3n) is 2.76. The monoisotopic (exact) mass is 222 g/mol. The molecule has 90 valence electrons. The van der Waals surface area contributed by atoms with Crippen LogP contribution >= 0.6 is 0 Å². The third-order valence-corrected chi connectivity index (χ3v) is 2.76. The number of rotatable bonds is 7. The van der Waals surface area contributed by atoms with E-state index in [9.17, 15) is 0 Å². The molecule has 1 aromatic rings. The lowest BCUT2D eigenvalue weighted by molar-refractivity contribution is 0.245. The minimum Gasteiger partial charge on any atom is -0.396 e. The zero-order valence-electron chi connectivity index (χ0n) is 10.2. The minimum absolute atomic E-state index is 0.249. The molecular formula is C13H22N2O. The first kappa shape index (κ1) is 13.1. The van der Waals surface area contributed by atoms with E-state index in [2.05, 4.69) is 24.1 Å². The number of pyridine rings is 1. The molecular weight excluding hydrogens is 200 g/mol. The fraction of sp³-hybridized carbons (Fsp3) is 0.615. The van der Waals surface area contributed by atoms with Crippen LogP contribution in [-0.2, 0) is 6.42 Å². The first-order valence-corrected chi connectivity index (χ1v) is 5.98. The molecule has 0 radical (unpaired) electrons. The summed E-state index contributed by atoms with van der Waals surface area (Å²) in [5.41, 5.74) is 1.11. The lowest BCUT2D eigenvalue weighted by atomic mass is 10.0. The van der Waals surface area contributed by atoms with Gasteiger partial charge in [-0.2, -0.15) is 0 Å². The molecule has 0 saturated carbocycles. The lowest BCUT2D eigenvalue weighted by Crippen LogP contribution is -2.36. The Labute approximate surface area is 97.9 Å². The van der Waals surface area contributed by atoms with Gasteiger partial charge in [0.2, 0.25) is 0 Å².